The molecule has 48 valence electrons. The van der Waals surface area contributed by atoms with E-state index >= 15 is 0 Å². The first-order valence-corrected chi connectivity index (χ1v) is 2.65. The Labute approximate surface area is 56.1 Å². The van der Waals surface area contributed by atoms with Crippen molar-refractivity contribution in [3.05, 3.63) is 33.7 Å². The van der Waals surface area contributed by atoms with E-state index in [1.54, 1.807) is 0 Å². The number of rotatable bonds is 0. The lowest BCUT2D eigenvalue weighted by Crippen LogP contribution is -2.14. The summed E-state index contributed by atoms with van der Waals surface area (Å²) < 4.78 is 0.433. The highest BCUT2D eigenvalue weighted by Crippen LogP contribution is 2.00. The molecule has 0 spiro atoms. The summed E-state index contributed by atoms with van der Waals surface area (Å²) >= 11 is 5.40. The number of halogens is 1. The van der Waals surface area contributed by atoms with Crippen molar-refractivity contribution in [2.75, 3.05) is 0 Å². The van der Waals surface area contributed by atoms with Gasteiger partial charge in [0.2, 0.25) is 0 Å². The summed E-state index contributed by atoms with van der Waals surface area (Å²) in [5.41, 5.74) is -0.487. The predicted octanol–water partition coefficient (Wildman–Crippen LogP) is 0.739. The van der Waals surface area contributed by atoms with Gasteiger partial charge in [0.05, 0.1) is 11.2 Å². The van der Waals surface area contributed by atoms with Crippen molar-refractivity contribution in [1.82, 2.24) is 4.73 Å². The maximum Gasteiger partial charge on any atom is 0.282 e. The lowest BCUT2D eigenvalue weighted by atomic mass is 10.5. The molecule has 0 aliphatic carbocycles. The van der Waals surface area contributed by atoms with Gasteiger partial charge in [-0.25, -0.2) is 0 Å². The molecule has 4 heteroatoms. The lowest BCUT2D eigenvalue weighted by Gasteiger charge is -1.92. The first-order valence-electron chi connectivity index (χ1n) is 2.27. The Kier molecular flexibility index (Phi) is 1.44. The van der Waals surface area contributed by atoms with Crippen LogP contribution in [0.3, 0.4) is 0 Å². The van der Waals surface area contributed by atoms with Crippen LogP contribution in [0.15, 0.2) is 23.1 Å². The van der Waals surface area contributed by atoms with Crippen LogP contribution in [0.4, 0.5) is 0 Å². The molecule has 1 aromatic rings. The summed E-state index contributed by atoms with van der Waals surface area (Å²) in [6, 6.07) is 2.60. The second-order valence-corrected chi connectivity index (χ2v) is 1.97. The third-order valence-electron chi connectivity index (χ3n) is 0.857. The van der Waals surface area contributed by atoms with E-state index in [4.69, 9.17) is 16.8 Å². The van der Waals surface area contributed by atoms with Crippen molar-refractivity contribution >= 4 is 11.6 Å². The monoisotopic (exact) mass is 145 g/mol. The first kappa shape index (κ1) is 6.16. The number of hydrogen-bond donors (Lipinski definition) is 1. The fraction of sp³-hybridized carbons (Fsp3) is 0. The van der Waals surface area contributed by atoms with Gasteiger partial charge < -0.3 is 5.21 Å². The van der Waals surface area contributed by atoms with Gasteiger partial charge in [0.25, 0.3) is 5.56 Å². The fourth-order valence-corrected chi connectivity index (χ4v) is 0.606. The first-order chi connectivity index (χ1) is 4.20. The van der Waals surface area contributed by atoms with Crippen molar-refractivity contribution in [3.63, 3.8) is 0 Å². The Bertz CT molecular complexity index is 268. The topological polar surface area (TPSA) is 42.2 Å². The molecule has 9 heavy (non-hydrogen) atoms. The molecule has 0 aliphatic heterocycles. The summed E-state index contributed by atoms with van der Waals surface area (Å²) in [4.78, 5) is 10.4. The van der Waals surface area contributed by atoms with Crippen molar-refractivity contribution in [1.29, 1.82) is 0 Å². The zero-order chi connectivity index (χ0) is 6.85. The molecule has 1 N–H and O–H groups in total. The summed E-state index contributed by atoms with van der Waals surface area (Å²) in [6.07, 6.45) is 1.13. The van der Waals surface area contributed by atoms with Crippen LogP contribution in [0, 0.1) is 0 Å². The van der Waals surface area contributed by atoms with E-state index in [1.807, 2.05) is 0 Å². The van der Waals surface area contributed by atoms with E-state index in [1.165, 1.54) is 12.1 Å². The van der Waals surface area contributed by atoms with E-state index in [-0.39, 0.29) is 0 Å². The molecule has 0 bridgehead atoms. The van der Waals surface area contributed by atoms with Gasteiger partial charge in [0.1, 0.15) is 0 Å². The number of pyridine rings is 1. The van der Waals surface area contributed by atoms with Crippen molar-refractivity contribution in [2.24, 2.45) is 0 Å². The van der Waals surface area contributed by atoms with Gasteiger partial charge in [-0.2, -0.15) is 4.73 Å². The largest absolute Gasteiger partial charge is 0.425 e. The molecular weight excluding hydrogens is 142 g/mol. The Hall–Kier alpha value is -0.960. The van der Waals surface area contributed by atoms with Gasteiger partial charge in [-0.3, -0.25) is 4.79 Å². The summed E-state index contributed by atoms with van der Waals surface area (Å²) in [5.74, 6) is 0. The quantitative estimate of drug-likeness (QED) is 0.547. The lowest BCUT2D eigenvalue weighted by molar-refractivity contribution is 0.175. The van der Waals surface area contributed by atoms with Crippen LogP contribution >= 0.6 is 11.6 Å². The maximum absolute atomic E-state index is 10.4. The van der Waals surface area contributed by atoms with E-state index in [9.17, 15) is 4.79 Å². The normalized spacial score (nSPS) is 9.44. The molecule has 1 heterocycles. The Morgan fingerprint density at radius 2 is 2.22 bits per heavy atom. The summed E-state index contributed by atoms with van der Waals surface area (Å²) in [7, 11) is 0. The second-order valence-electron chi connectivity index (χ2n) is 1.53. The maximum atomic E-state index is 10.4. The highest BCUT2D eigenvalue weighted by Gasteiger charge is 1.90. The highest BCUT2D eigenvalue weighted by atomic mass is 35.5. The average Bonchev–Trinajstić information content (AvgIpc) is 1.80. The Morgan fingerprint density at radius 1 is 1.56 bits per heavy atom. The minimum absolute atomic E-state index is 0.331. The van der Waals surface area contributed by atoms with Crippen LogP contribution in [-0.4, -0.2) is 9.94 Å². The predicted molar refractivity (Wildman–Crippen MR) is 32.9 cm³/mol. The Morgan fingerprint density at radius 3 is 2.67 bits per heavy atom. The SMILES string of the molecule is O=c1ccc(Cl)cn1O. The third-order valence-corrected chi connectivity index (χ3v) is 1.08. The summed E-state index contributed by atoms with van der Waals surface area (Å²) in [5, 5.41) is 8.95. The molecular formula is C5H4ClNO2. The molecule has 0 fully saturated rings. The molecule has 0 saturated heterocycles. The Balaban J connectivity index is 3.34. The average molecular weight is 146 g/mol. The minimum Gasteiger partial charge on any atom is -0.425 e. The highest BCUT2D eigenvalue weighted by molar-refractivity contribution is 6.30. The standard InChI is InChI=1S/C5H4ClNO2/c6-4-1-2-5(8)7(9)3-4/h1-3,9H. The molecule has 0 amide bonds. The van der Waals surface area contributed by atoms with Gasteiger partial charge in [-0.05, 0) is 6.07 Å². The van der Waals surface area contributed by atoms with Gasteiger partial charge >= 0.3 is 0 Å². The summed E-state index contributed by atoms with van der Waals surface area (Å²) in [6.45, 7) is 0. The van der Waals surface area contributed by atoms with Crippen LogP contribution in [-0.2, 0) is 0 Å². The molecule has 0 saturated carbocycles. The molecule has 1 aromatic heterocycles. The molecule has 0 aliphatic rings. The fourth-order valence-electron chi connectivity index (χ4n) is 0.451. The van der Waals surface area contributed by atoms with Crippen LogP contribution < -0.4 is 5.56 Å². The smallest absolute Gasteiger partial charge is 0.282 e. The van der Waals surface area contributed by atoms with E-state index in [2.05, 4.69) is 0 Å². The van der Waals surface area contributed by atoms with Crippen LogP contribution in [0.5, 0.6) is 0 Å². The van der Waals surface area contributed by atoms with Crippen molar-refractivity contribution in [2.45, 2.75) is 0 Å². The molecule has 3 nitrogen and oxygen atoms in total. The van der Waals surface area contributed by atoms with Crippen molar-refractivity contribution < 1.29 is 5.21 Å². The minimum atomic E-state index is -0.487. The van der Waals surface area contributed by atoms with Gasteiger partial charge in [-0.15, -0.1) is 0 Å². The second kappa shape index (κ2) is 2.11. The molecule has 0 atom stereocenters. The third kappa shape index (κ3) is 1.23. The number of aromatic nitrogens is 1. The van der Waals surface area contributed by atoms with E-state index in [0.717, 1.165) is 6.20 Å². The molecule has 0 aromatic carbocycles. The van der Waals surface area contributed by atoms with E-state index < -0.39 is 5.56 Å². The molecule has 1 rings (SSSR count). The molecule has 0 radical (unpaired) electrons. The van der Waals surface area contributed by atoms with Gasteiger partial charge in [-0.1, -0.05) is 11.6 Å². The zero-order valence-electron chi connectivity index (χ0n) is 4.41. The van der Waals surface area contributed by atoms with Gasteiger partial charge in [0.15, 0.2) is 0 Å². The molecule has 0 unspecified atom stereocenters. The van der Waals surface area contributed by atoms with Crippen molar-refractivity contribution in [3.8, 4) is 0 Å². The zero-order valence-corrected chi connectivity index (χ0v) is 5.17. The number of hydrogen-bond acceptors (Lipinski definition) is 2. The van der Waals surface area contributed by atoms with Crippen LogP contribution in [0.1, 0.15) is 0 Å². The number of nitrogens with zero attached hydrogens (tertiary/aromatic N) is 1. The van der Waals surface area contributed by atoms with Gasteiger partial charge in [0, 0.05) is 6.07 Å². The van der Waals surface area contributed by atoms with Crippen LogP contribution in [0.25, 0.3) is 0 Å². The van der Waals surface area contributed by atoms with Crippen LogP contribution in [0.2, 0.25) is 5.02 Å². The van der Waals surface area contributed by atoms with E-state index in [0.29, 0.717) is 9.75 Å².